The smallest absolute Gasteiger partial charge is 0.305 e. The summed E-state index contributed by atoms with van der Waals surface area (Å²) in [5.74, 6) is 0.372. The second kappa shape index (κ2) is 5.52. The average Bonchev–Trinajstić information content (AvgIpc) is 2.68. The first-order valence-electron chi connectivity index (χ1n) is 5.89. The fraction of sp³-hybridized carbons (Fsp3) is 0.700. The van der Waals surface area contributed by atoms with E-state index in [9.17, 15) is 13.2 Å². The number of piperidine rings is 1. The summed E-state index contributed by atoms with van der Waals surface area (Å²) in [5.41, 5.74) is 0.405. The van der Waals surface area contributed by atoms with Gasteiger partial charge < -0.3 is 10.3 Å². The number of thiazole rings is 1. The van der Waals surface area contributed by atoms with Crippen LogP contribution in [0.2, 0.25) is 0 Å². The summed E-state index contributed by atoms with van der Waals surface area (Å²) in [6.45, 7) is 3.90. The molecule has 0 unspecified atom stereocenters. The Morgan fingerprint density at radius 2 is 2.06 bits per heavy atom. The lowest BCUT2D eigenvalue weighted by Gasteiger charge is -2.22. The number of H-pyrrole nitrogens is 1. The summed E-state index contributed by atoms with van der Waals surface area (Å²) in [4.78, 5) is 13.3. The van der Waals surface area contributed by atoms with Crippen molar-refractivity contribution in [1.82, 2.24) is 15.0 Å². The lowest BCUT2D eigenvalue weighted by molar-refractivity contribution is 0.372. The second-order valence-electron chi connectivity index (χ2n) is 4.47. The zero-order valence-corrected chi connectivity index (χ0v) is 11.8. The van der Waals surface area contributed by atoms with Crippen LogP contribution in [-0.2, 0) is 10.0 Å². The Kier molecular flexibility index (Phi) is 4.21. The summed E-state index contributed by atoms with van der Waals surface area (Å²) >= 11 is 0.734. The van der Waals surface area contributed by atoms with Crippen LogP contribution in [0.3, 0.4) is 0 Å². The van der Waals surface area contributed by atoms with Crippen molar-refractivity contribution in [3.8, 4) is 0 Å². The molecule has 1 aromatic heterocycles. The summed E-state index contributed by atoms with van der Waals surface area (Å²) in [6.07, 6.45) is 1.95. The fourth-order valence-electron chi connectivity index (χ4n) is 2.03. The maximum Gasteiger partial charge on any atom is 0.305 e. The van der Waals surface area contributed by atoms with Crippen molar-refractivity contribution in [2.75, 3.05) is 19.6 Å². The first-order valence-corrected chi connectivity index (χ1v) is 8.19. The normalized spacial score (nSPS) is 18.1. The van der Waals surface area contributed by atoms with E-state index in [1.54, 1.807) is 6.92 Å². The molecular formula is C10H17N3O3S2. The molecule has 2 heterocycles. The van der Waals surface area contributed by atoms with Crippen LogP contribution in [0.25, 0.3) is 0 Å². The quantitative estimate of drug-likeness (QED) is 0.729. The number of sulfonamides is 1. The van der Waals surface area contributed by atoms with Gasteiger partial charge in [0.05, 0.1) is 0 Å². The second-order valence-corrected chi connectivity index (χ2v) is 7.42. The molecule has 1 fully saturated rings. The molecule has 6 nitrogen and oxygen atoms in total. The van der Waals surface area contributed by atoms with Crippen LogP contribution in [0.1, 0.15) is 18.5 Å². The van der Waals surface area contributed by atoms with E-state index in [0.717, 1.165) is 37.3 Å². The molecule has 1 aromatic rings. The summed E-state index contributed by atoms with van der Waals surface area (Å²) in [6, 6.07) is 0. The minimum absolute atomic E-state index is 0.0986. The van der Waals surface area contributed by atoms with Crippen molar-refractivity contribution >= 4 is 21.4 Å². The fourth-order valence-corrected chi connectivity index (χ4v) is 4.49. The maximum atomic E-state index is 12.0. The van der Waals surface area contributed by atoms with Crippen LogP contribution in [0, 0.1) is 12.8 Å². The number of hydrogen-bond donors (Lipinski definition) is 3. The van der Waals surface area contributed by atoms with E-state index >= 15 is 0 Å². The van der Waals surface area contributed by atoms with Gasteiger partial charge in [0.2, 0.25) is 0 Å². The third-order valence-corrected chi connectivity index (χ3v) is 6.07. The number of aromatic nitrogens is 1. The Hall–Kier alpha value is -0.700. The molecule has 0 saturated carbocycles. The van der Waals surface area contributed by atoms with Gasteiger partial charge in [-0.15, -0.1) is 0 Å². The zero-order chi connectivity index (χ0) is 13.2. The molecule has 8 heteroatoms. The average molecular weight is 291 g/mol. The Morgan fingerprint density at radius 3 is 2.61 bits per heavy atom. The number of hydrogen-bond acceptors (Lipinski definition) is 5. The van der Waals surface area contributed by atoms with Gasteiger partial charge in [-0.1, -0.05) is 11.3 Å². The van der Waals surface area contributed by atoms with E-state index < -0.39 is 10.0 Å². The van der Waals surface area contributed by atoms with Gasteiger partial charge >= 0.3 is 4.87 Å². The highest BCUT2D eigenvalue weighted by Gasteiger charge is 2.22. The summed E-state index contributed by atoms with van der Waals surface area (Å²) in [5, 5.41) is 3.23. The molecule has 1 saturated heterocycles. The standard InChI is InChI=1S/C10H17N3O3S2/c1-7-9(17-10(14)13-7)18(15,16)12-6-8-2-4-11-5-3-8/h8,11-12H,2-6H2,1H3,(H,13,14). The molecule has 0 radical (unpaired) electrons. The Morgan fingerprint density at radius 1 is 1.39 bits per heavy atom. The molecule has 0 bridgehead atoms. The van der Waals surface area contributed by atoms with E-state index in [2.05, 4.69) is 15.0 Å². The van der Waals surface area contributed by atoms with Crippen LogP contribution in [0.4, 0.5) is 0 Å². The van der Waals surface area contributed by atoms with Crippen molar-refractivity contribution in [2.24, 2.45) is 5.92 Å². The molecule has 3 N–H and O–H groups in total. The molecule has 0 spiro atoms. The van der Waals surface area contributed by atoms with Crippen molar-refractivity contribution < 1.29 is 8.42 Å². The van der Waals surface area contributed by atoms with Crippen LogP contribution < -0.4 is 14.9 Å². The topological polar surface area (TPSA) is 91.1 Å². The van der Waals surface area contributed by atoms with E-state index in [1.807, 2.05) is 0 Å². The van der Waals surface area contributed by atoms with E-state index in [1.165, 1.54) is 0 Å². The van der Waals surface area contributed by atoms with Crippen LogP contribution in [0.5, 0.6) is 0 Å². The molecule has 0 atom stereocenters. The van der Waals surface area contributed by atoms with Crippen molar-refractivity contribution in [2.45, 2.75) is 24.0 Å². The van der Waals surface area contributed by atoms with Gasteiger partial charge in [0.1, 0.15) is 0 Å². The van der Waals surface area contributed by atoms with Crippen molar-refractivity contribution in [3.05, 3.63) is 15.4 Å². The van der Waals surface area contributed by atoms with Crippen LogP contribution in [0.15, 0.2) is 9.00 Å². The first-order chi connectivity index (χ1) is 8.49. The lowest BCUT2D eigenvalue weighted by atomic mass is 9.99. The first kappa shape index (κ1) is 13.7. The number of rotatable bonds is 4. The molecule has 1 aliphatic heterocycles. The highest BCUT2D eigenvalue weighted by molar-refractivity contribution is 7.91. The van der Waals surface area contributed by atoms with Gasteiger partial charge in [0, 0.05) is 12.2 Å². The molecule has 2 rings (SSSR count). The minimum atomic E-state index is -3.55. The minimum Gasteiger partial charge on any atom is -0.317 e. The van der Waals surface area contributed by atoms with Gasteiger partial charge in [-0.25, -0.2) is 13.1 Å². The molecule has 0 aromatic carbocycles. The van der Waals surface area contributed by atoms with Crippen molar-refractivity contribution in [3.63, 3.8) is 0 Å². The Bertz CT molecular complexity index is 555. The maximum absolute atomic E-state index is 12.0. The summed E-state index contributed by atoms with van der Waals surface area (Å²) in [7, 11) is -3.55. The number of aromatic amines is 1. The highest BCUT2D eigenvalue weighted by atomic mass is 32.2. The van der Waals surface area contributed by atoms with Gasteiger partial charge in [-0.05, 0) is 38.8 Å². The monoisotopic (exact) mass is 291 g/mol. The molecule has 18 heavy (non-hydrogen) atoms. The predicted molar refractivity (Wildman–Crippen MR) is 70.5 cm³/mol. The Balaban J connectivity index is 2.03. The van der Waals surface area contributed by atoms with E-state index in [0.29, 0.717) is 18.2 Å². The van der Waals surface area contributed by atoms with Gasteiger partial charge in [-0.3, -0.25) is 4.79 Å². The molecule has 0 aliphatic carbocycles. The predicted octanol–water partition coefficient (Wildman–Crippen LogP) is 0.0227. The summed E-state index contributed by atoms with van der Waals surface area (Å²) < 4.78 is 26.8. The van der Waals surface area contributed by atoms with Crippen LogP contribution >= 0.6 is 11.3 Å². The SMILES string of the molecule is Cc1[nH]c(=O)sc1S(=O)(=O)NCC1CCNCC1. The number of nitrogens with one attached hydrogen (secondary N) is 3. The van der Waals surface area contributed by atoms with Crippen molar-refractivity contribution in [1.29, 1.82) is 0 Å². The molecule has 102 valence electrons. The molecule has 1 aliphatic rings. The number of aryl methyl sites for hydroxylation is 1. The van der Waals surface area contributed by atoms with E-state index in [-0.39, 0.29) is 9.08 Å². The lowest BCUT2D eigenvalue weighted by Crippen LogP contribution is -2.35. The third-order valence-electron chi connectivity index (χ3n) is 3.05. The largest absolute Gasteiger partial charge is 0.317 e. The molecular weight excluding hydrogens is 274 g/mol. The van der Waals surface area contributed by atoms with Crippen LogP contribution in [-0.4, -0.2) is 33.0 Å². The van der Waals surface area contributed by atoms with Gasteiger partial charge in [0.15, 0.2) is 4.21 Å². The Labute approximate surface area is 110 Å². The van der Waals surface area contributed by atoms with Gasteiger partial charge in [0.25, 0.3) is 10.0 Å². The zero-order valence-electron chi connectivity index (χ0n) is 10.2. The highest BCUT2D eigenvalue weighted by Crippen LogP contribution is 2.17. The van der Waals surface area contributed by atoms with Gasteiger partial charge in [-0.2, -0.15) is 0 Å². The molecule has 0 amide bonds. The van der Waals surface area contributed by atoms with E-state index in [4.69, 9.17) is 0 Å². The third kappa shape index (κ3) is 3.19.